The molecule has 0 aromatic carbocycles. The number of rotatable bonds is 5. The summed E-state index contributed by atoms with van der Waals surface area (Å²) >= 11 is 0. The van der Waals surface area contributed by atoms with Gasteiger partial charge in [0, 0.05) is 18.8 Å². The van der Waals surface area contributed by atoms with E-state index in [9.17, 15) is 4.79 Å². The molecule has 5 nitrogen and oxygen atoms in total. The summed E-state index contributed by atoms with van der Waals surface area (Å²) < 4.78 is 0. The van der Waals surface area contributed by atoms with E-state index in [-0.39, 0.29) is 11.7 Å². The molecule has 0 aliphatic carbocycles. The maximum atomic E-state index is 10.9. The van der Waals surface area contributed by atoms with E-state index < -0.39 is 5.97 Å². The van der Waals surface area contributed by atoms with Crippen LogP contribution in [0.25, 0.3) is 0 Å². The minimum absolute atomic E-state index is 0.0707. The van der Waals surface area contributed by atoms with Crippen molar-refractivity contribution in [1.82, 2.24) is 14.9 Å². The Bertz CT molecular complexity index is 587. The van der Waals surface area contributed by atoms with Crippen LogP contribution >= 0.6 is 0 Å². The second kappa shape index (κ2) is 6.25. The Balaban J connectivity index is 2.09. The van der Waals surface area contributed by atoms with Crippen molar-refractivity contribution in [1.29, 1.82) is 0 Å². The van der Waals surface area contributed by atoms with Crippen LogP contribution in [0.3, 0.4) is 0 Å². The number of carboxylic acid groups (broad SMARTS) is 1. The van der Waals surface area contributed by atoms with Gasteiger partial charge in [-0.2, -0.15) is 0 Å². The number of aromatic nitrogens is 2. The zero-order valence-corrected chi connectivity index (χ0v) is 11.5. The van der Waals surface area contributed by atoms with Crippen molar-refractivity contribution in [2.24, 2.45) is 0 Å². The van der Waals surface area contributed by atoms with E-state index in [0.717, 1.165) is 11.4 Å². The summed E-state index contributed by atoms with van der Waals surface area (Å²) in [6.45, 7) is 2.63. The molecule has 0 aliphatic rings. The minimum Gasteiger partial charge on any atom is -0.477 e. The smallest absolute Gasteiger partial charge is 0.354 e. The molecule has 2 heterocycles. The Morgan fingerprint density at radius 2 is 2.10 bits per heavy atom. The van der Waals surface area contributed by atoms with E-state index in [1.165, 1.54) is 6.07 Å². The zero-order valence-electron chi connectivity index (χ0n) is 11.5. The van der Waals surface area contributed by atoms with Crippen LogP contribution in [-0.2, 0) is 6.54 Å². The predicted octanol–water partition coefficient (Wildman–Crippen LogP) is 2.37. The lowest BCUT2D eigenvalue weighted by Crippen LogP contribution is -2.23. The van der Waals surface area contributed by atoms with E-state index in [1.807, 2.05) is 31.3 Å². The number of carboxylic acids is 1. The molecule has 1 atom stereocenters. The first-order chi connectivity index (χ1) is 9.58. The molecule has 104 valence electrons. The second-order valence-electron chi connectivity index (χ2n) is 4.67. The highest BCUT2D eigenvalue weighted by Crippen LogP contribution is 2.17. The van der Waals surface area contributed by atoms with Crippen LogP contribution < -0.4 is 0 Å². The zero-order chi connectivity index (χ0) is 14.5. The molecule has 1 N–H and O–H groups in total. The fourth-order valence-electron chi connectivity index (χ4n) is 1.93. The van der Waals surface area contributed by atoms with Gasteiger partial charge in [-0.05, 0) is 38.2 Å². The molecule has 1 unspecified atom stereocenters. The average Bonchev–Trinajstić information content (AvgIpc) is 2.47. The van der Waals surface area contributed by atoms with Crippen LogP contribution in [0.4, 0.5) is 0 Å². The topological polar surface area (TPSA) is 66.3 Å². The summed E-state index contributed by atoms with van der Waals surface area (Å²) in [5.74, 6) is -1.01. The summed E-state index contributed by atoms with van der Waals surface area (Å²) in [5.41, 5.74) is 1.78. The van der Waals surface area contributed by atoms with Crippen molar-refractivity contribution >= 4 is 5.97 Å². The van der Waals surface area contributed by atoms with Crippen molar-refractivity contribution in [3.05, 3.63) is 59.7 Å². The van der Waals surface area contributed by atoms with Gasteiger partial charge in [0.05, 0.1) is 11.4 Å². The summed E-state index contributed by atoms with van der Waals surface area (Å²) in [6, 6.07) is 11.0. The SMILES string of the molecule is CC(c1ccccn1)N(C)Cc1cccc(C(=O)O)n1. The quantitative estimate of drug-likeness (QED) is 0.904. The Labute approximate surface area is 117 Å². The molecule has 5 heteroatoms. The lowest BCUT2D eigenvalue weighted by atomic mass is 10.2. The van der Waals surface area contributed by atoms with Crippen molar-refractivity contribution < 1.29 is 9.90 Å². The Kier molecular flexibility index (Phi) is 4.42. The summed E-state index contributed by atoms with van der Waals surface area (Å²) in [7, 11) is 1.97. The molecule has 0 radical (unpaired) electrons. The molecule has 2 aromatic rings. The molecule has 0 fully saturated rings. The number of pyridine rings is 2. The van der Waals surface area contributed by atoms with Crippen LogP contribution in [0.5, 0.6) is 0 Å². The van der Waals surface area contributed by atoms with Gasteiger partial charge in [0.15, 0.2) is 0 Å². The van der Waals surface area contributed by atoms with E-state index in [2.05, 4.69) is 21.8 Å². The lowest BCUT2D eigenvalue weighted by molar-refractivity contribution is 0.0690. The molecule has 0 spiro atoms. The molecule has 0 amide bonds. The molecular formula is C15H17N3O2. The van der Waals surface area contributed by atoms with Gasteiger partial charge in [0.2, 0.25) is 0 Å². The highest BCUT2D eigenvalue weighted by molar-refractivity contribution is 5.85. The Hall–Kier alpha value is -2.27. The largest absolute Gasteiger partial charge is 0.477 e. The molecule has 0 saturated carbocycles. The Morgan fingerprint density at radius 3 is 2.75 bits per heavy atom. The van der Waals surface area contributed by atoms with Crippen LogP contribution in [0.1, 0.15) is 34.8 Å². The van der Waals surface area contributed by atoms with Crippen molar-refractivity contribution in [3.63, 3.8) is 0 Å². The van der Waals surface area contributed by atoms with Crippen LogP contribution in [0.2, 0.25) is 0 Å². The number of hydrogen-bond acceptors (Lipinski definition) is 4. The van der Waals surface area contributed by atoms with E-state index in [4.69, 9.17) is 5.11 Å². The lowest BCUT2D eigenvalue weighted by Gasteiger charge is -2.23. The Morgan fingerprint density at radius 1 is 1.30 bits per heavy atom. The van der Waals surface area contributed by atoms with Gasteiger partial charge in [-0.1, -0.05) is 12.1 Å². The van der Waals surface area contributed by atoms with Gasteiger partial charge >= 0.3 is 5.97 Å². The normalized spacial score (nSPS) is 12.3. The van der Waals surface area contributed by atoms with Crippen LogP contribution in [0.15, 0.2) is 42.6 Å². The third-order valence-electron chi connectivity index (χ3n) is 3.21. The maximum absolute atomic E-state index is 10.9. The number of nitrogens with zero attached hydrogens (tertiary/aromatic N) is 3. The van der Waals surface area contributed by atoms with Gasteiger partial charge in [-0.15, -0.1) is 0 Å². The molecule has 0 aliphatic heterocycles. The third kappa shape index (κ3) is 3.39. The molecule has 0 saturated heterocycles. The first kappa shape index (κ1) is 14.1. The average molecular weight is 271 g/mol. The highest BCUT2D eigenvalue weighted by Gasteiger charge is 2.14. The third-order valence-corrected chi connectivity index (χ3v) is 3.21. The highest BCUT2D eigenvalue weighted by atomic mass is 16.4. The number of hydrogen-bond donors (Lipinski definition) is 1. The van der Waals surface area contributed by atoms with Gasteiger partial charge in [-0.3, -0.25) is 9.88 Å². The fraction of sp³-hybridized carbons (Fsp3) is 0.267. The summed E-state index contributed by atoms with van der Waals surface area (Å²) in [5, 5.41) is 8.94. The van der Waals surface area contributed by atoms with Crippen LogP contribution in [-0.4, -0.2) is 33.0 Å². The predicted molar refractivity (Wildman–Crippen MR) is 75.3 cm³/mol. The van der Waals surface area contributed by atoms with Gasteiger partial charge in [0.25, 0.3) is 0 Å². The molecule has 2 aromatic heterocycles. The molecule has 20 heavy (non-hydrogen) atoms. The van der Waals surface area contributed by atoms with E-state index in [1.54, 1.807) is 12.3 Å². The van der Waals surface area contributed by atoms with Crippen LogP contribution in [0, 0.1) is 0 Å². The maximum Gasteiger partial charge on any atom is 0.354 e. The standard InChI is InChI=1S/C15H17N3O2/c1-11(13-7-3-4-9-16-13)18(2)10-12-6-5-8-14(17-12)15(19)20/h3-9,11H,10H2,1-2H3,(H,19,20). The van der Waals surface area contributed by atoms with Crippen molar-refractivity contribution in [2.75, 3.05) is 7.05 Å². The van der Waals surface area contributed by atoms with Gasteiger partial charge < -0.3 is 5.11 Å². The monoisotopic (exact) mass is 271 g/mol. The summed E-state index contributed by atoms with van der Waals surface area (Å²) in [6.07, 6.45) is 1.77. The second-order valence-corrected chi connectivity index (χ2v) is 4.67. The van der Waals surface area contributed by atoms with Gasteiger partial charge in [-0.25, -0.2) is 9.78 Å². The summed E-state index contributed by atoms with van der Waals surface area (Å²) in [4.78, 5) is 21.4. The van der Waals surface area contributed by atoms with Crippen molar-refractivity contribution in [3.8, 4) is 0 Å². The molecule has 2 rings (SSSR count). The van der Waals surface area contributed by atoms with E-state index >= 15 is 0 Å². The number of carbonyl (C=O) groups is 1. The number of aromatic carboxylic acids is 1. The molecule has 0 bridgehead atoms. The van der Waals surface area contributed by atoms with Gasteiger partial charge in [0.1, 0.15) is 5.69 Å². The first-order valence-corrected chi connectivity index (χ1v) is 6.38. The fourth-order valence-corrected chi connectivity index (χ4v) is 1.93. The first-order valence-electron chi connectivity index (χ1n) is 6.38. The minimum atomic E-state index is -1.01. The van der Waals surface area contributed by atoms with E-state index in [0.29, 0.717) is 6.54 Å². The molecular weight excluding hydrogens is 254 g/mol. The van der Waals surface area contributed by atoms with Crippen molar-refractivity contribution in [2.45, 2.75) is 19.5 Å².